The van der Waals surface area contributed by atoms with Gasteiger partial charge in [0.25, 0.3) is 0 Å². The minimum atomic E-state index is -1.30. The van der Waals surface area contributed by atoms with Gasteiger partial charge in [0.1, 0.15) is 10.5 Å². The first kappa shape index (κ1) is 17.9. The van der Waals surface area contributed by atoms with E-state index in [0.717, 1.165) is 11.1 Å². The molecule has 0 saturated carbocycles. The van der Waals surface area contributed by atoms with Crippen molar-refractivity contribution < 1.29 is 9.53 Å². The van der Waals surface area contributed by atoms with Crippen molar-refractivity contribution in [2.45, 2.75) is 39.4 Å². The van der Waals surface area contributed by atoms with Gasteiger partial charge in [-0.3, -0.25) is 0 Å². The summed E-state index contributed by atoms with van der Waals surface area (Å²) in [6.07, 6.45) is 0. The lowest BCUT2D eigenvalue weighted by atomic mass is 9.67. The number of hydrogen-bond acceptors (Lipinski definition) is 2. The van der Waals surface area contributed by atoms with E-state index in [1.54, 1.807) is 0 Å². The maximum atomic E-state index is 11.6. The Morgan fingerprint density at radius 1 is 0.913 bits per heavy atom. The van der Waals surface area contributed by atoms with E-state index in [9.17, 15) is 5.11 Å². The van der Waals surface area contributed by atoms with Crippen molar-refractivity contribution in [3.63, 3.8) is 0 Å². The molecule has 124 valence electrons. The van der Waals surface area contributed by atoms with Crippen LogP contribution in [0.2, 0.25) is 0 Å². The zero-order valence-electron chi connectivity index (χ0n) is 14.8. The monoisotopic (exact) mass is 328 g/mol. The summed E-state index contributed by atoms with van der Waals surface area (Å²) in [6.45, 7) is 8.84. The average Bonchev–Trinajstić information content (AvgIpc) is 2.55. The van der Waals surface area contributed by atoms with Crippen LogP contribution in [0.15, 0.2) is 60.7 Å². The SMILES string of the molecule is CC(C(c1ccccc1)C(O)(O[SiH3])c1ccccc1)C(C)(C)C. The molecule has 0 radical (unpaired) electrons. The molecule has 3 atom stereocenters. The normalized spacial score (nSPS) is 17.4. The average molecular weight is 329 g/mol. The lowest BCUT2D eigenvalue weighted by Gasteiger charge is -2.44. The van der Waals surface area contributed by atoms with Crippen LogP contribution in [0.3, 0.4) is 0 Å². The smallest absolute Gasteiger partial charge is 0.189 e. The Kier molecular flexibility index (Phi) is 5.45. The number of benzene rings is 2. The Bertz CT molecular complexity index is 607. The third-order valence-corrected chi connectivity index (χ3v) is 5.57. The highest BCUT2D eigenvalue weighted by molar-refractivity contribution is 5.98. The highest BCUT2D eigenvalue weighted by atomic mass is 28.2. The minimum absolute atomic E-state index is 0.0450. The summed E-state index contributed by atoms with van der Waals surface area (Å²) in [5.41, 5.74) is 1.97. The highest BCUT2D eigenvalue weighted by Gasteiger charge is 2.45. The predicted octanol–water partition coefficient (Wildman–Crippen LogP) is 3.59. The van der Waals surface area contributed by atoms with Gasteiger partial charge in [0.15, 0.2) is 5.79 Å². The third kappa shape index (κ3) is 3.74. The summed E-state index contributed by atoms with van der Waals surface area (Å²) in [6, 6.07) is 20.0. The number of aliphatic hydroxyl groups is 1. The fraction of sp³-hybridized carbons (Fsp3) is 0.400. The largest absolute Gasteiger partial charge is 0.398 e. The van der Waals surface area contributed by atoms with Gasteiger partial charge in [-0.1, -0.05) is 88.4 Å². The Morgan fingerprint density at radius 2 is 1.39 bits per heavy atom. The first-order chi connectivity index (χ1) is 10.8. The number of hydrogen-bond donors (Lipinski definition) is 1. The van der Waals surface area contributed by atoms with Crippen molar-refractivity contribution in [3.8, 4) is 0 Å². The van der Waals surface area contributed by atoms with Crippen LogP contribution in [0.4, 0.5) is 0 Å². The fourth-order valence-corrected chi connectivity index (χ4v) is 3.60. The molecule has 0 spiro atoms. The van der Waals surface area contributed by atoms with E-state index in [1.165, 1.54) is 0 Å². The molecule has 0 fully saturated rings. The second-order valence-corrected chi connectivity index (χ2v) is 7.72. The van der Waals surface area contributed by atoms with Crippen LogP contribution in [-0.4, -0.2) is 15.6 Å². The quantitative estimate of drug-likeness (QED) is 0.671. The zero-order chi connectivity index (χ0) is 17.1. The van der Waals surface area contributed by atoms with Gasteiger partial charge < -0.3 is 9.53 Å². The highest BCUT2D eigenvalue weighted by Crippen LogP contribution is 2.48. The zero-order valence-corrected chi connectivity index (χ0v) is 16.8. The summed E-state index contributed by atoms with van der Waals surface area (Å²) >= 11 is 0. The molecular weight excluding hydrogens is 300 g/mol. The Balaban J connectivity index is 2.60. The molecule has 3 heteroatoms. The van der Waals surface area contributed by atoms with E-state index in [-0.39, 0.29) is 17.3 Å². The molecule has 0 bridgehead atoms. The van der Waals surface area contributed by atoms with Crippen LogP contribution < -0.4 is 0 Å². The van der Waals surface area contributed by atoms with Crippen LogP contribution in [0.25, 0.3) is 0 Å². The van der Waals surface area contributed by atoms with Gasteiger partial charge in [-0.25, -0.2) is 0 Å². The summed E-state index contributed by atoms with van der Waals surface area (Å²) in [5, 5.41) is 11.6. The second kappa shape index (κ2) is 6.99. The van der Waals surface area contributed by atoms with Crippen LogP contribution in [0, 0.1) is 11.3 Å². The van der Waals surface area contributed by atoms with Crippen LogP contribution in [0.1, 0.15) is 44.7 Å². The van der Waals surface area contributed by atoms with Gasteiger partial charge in [0.05, 0.1) is 0 Å². The van der Waals surface area contributed by atoms with Crippen molar-refractivity contribution in [2.75, 3.05) is 0 Å². The molecule has 0 amide bonds. The van der Waals surface area contributed by atoms with Crippen molar-refractivity contribution in [3.05, 3.63) is 71.8 Å². The Hall–Kier alpha value is -1.42. The van der Waals surface area contributed by atoms with E-state index < -0.39 is 5.79 Å². The molecule has 2 aromatic carbocycles. The van der Waals surface area contributed by atoms with Gasteiger partial charge in [-0.05, 0) is 16.9 Å². The van der Waals surface area contributed by atoms with E-state index in [1.807, 2.05) is 48.5 Å². The molecule has 0 aliphatic rings. The molecule has 0 aliphatic carbocycles. The summed E-state index contributed by atoms with van der Waals surface area (Å²) in [5.74, 6) is -1.21. The molecule has 23 heavy (non-hydrogen) atoms. The first-order valence-electron chi connectivity index (χ1n) is 8.18. The lowest BCUT2D eigenvalue weighted by Crippen LogP contribution is -2.42. The molecule has 3 unspecified atom stereocenters. The lowest BCUT2D eigenvalue weighted by molar-refractivity contribution is -0.180. The maximum absolute atomic E-state index is 11.6. The van der Waals surface area contributed by atoms with E-state index >= 15 is 0 Å². The Morgan fingerprint density at radius 3 is 1.83 bits per heavy atom. The van der Waals surface area contributed by atoms with Gasteiger partial charge in [-0.2, -0.15) is 0 Å². The predicted molar refractivity (Wildman–Crippen MR) is 99.2 cm³/mol. The van der Waals surface area contributed by atoms with Crippen molar-refractivity contribution in [2.24, 2.45) is 11.3 Å². The summed E-state index contributed by atoms with van der Waals surface area (Å²) in [4.78, 5) is 0. The van der Waals surface area contributed by atoms with E-state index in [2.05, 4.69) is 39.8 Å². The second-order valence-electron chi connectivity index (χ2n) is 7.31. The van der Waals surface area contributed by atoms with Crippen LogP contribution >= 0.6 is 0 Å². The topological polar surface area (TPSA) is 29.5 Å². The molecule has 1 N–H and O–H groups in total. The van der Waals surface area contributed by atoms with Gasteiger partial charge in [0.2, 0.25) is 0 Å². The molecule has 2 nitrogen and oxygen atoms in total. The summed E-state index contributed by atoms with van der Waals surface area (Å²) in [7, 11) is 0.463. The van der Waals surface area contributed by atoms with Crippen LogP contribution in [0.5, 0.6) is 0 Å². The molecule has 0 heterocycles. The number of rotatable bonds is 5. The molecule has 2 rings (SSSR count). The van der Waals surface area contributed by atoms with Gasteiger partial charge in [0, 0.05) is 11.5 Å². The molecule has 0 aromatic heterocycles. The van der Waals surface area contributed by atoms with Crippen LogP contribution in [-0.2, 0) is 10.2 Å². The minimum Gasteiger partial charge on any atom is -0.398 e. The molecular formula is C20H28O2Si. The van der Waals surface area contributed by atoms with E-state index in [0.29, 0.717) is 10.5 Å². The standard InChI is InChI=1S/C20H28O2Si/c1-15(19(2,3)4)18(16-11-7-5-8-12-16)20(21,22-23)17-13-9-6-10-14-17/h5-15,18,21H,1-4,23H3. The van der Waals surface area contributed by atoms with Crippen molar-refractivity contribution in [1.82, 2.24) is 0 Å². The van der Waals surface area contributed by atoms with Gasteiger partial charge >= 0.3 is 0 Å². The molecule has 2 aromatic rings. The van der Waals surface area contributed by atoms with E-state index in [4.69, 9.17) is 4.43 Å². The Labute approximate surface area is 143 Å². The third-order valence-electron chi connectivity index (χ3n) is 4.94. The van der Waals surface area contributed by atoms with Crippen molar-refractivity contribution >= 4 is 10.5 Å². The maximum Gasteiger partial charge on any atom is 0.189 e. The van der Waals surface area contributed by atoms with Crippen molar-refractivity contribution in [1.29, 1.82) is 0 Å². The molecule has 0 aliphatic heterocycles. The summed E-state index contributed by atoms with van der Waals surface area (Å²) < 4.78 is 5.85. The molecule has 0 saturated heterocycles. The first-order valence-corrected chi connectivity index (χ1v) is 9.00. The fourth-order valence-electron chi connectivity index (χ4n) is 3.12. The van der Waals surface area contributed by atoms with Gasteiger partial charge in [-0.15, -0.1) is 0 Å².